The molecule has 0 amide bonds. The van der Waals surface area contributed by atoms with Crippen LogP contribution in [0, 0.1) is 0 Å². The van der Waals surface area contributed by atoms with Crippen molar-refractivity contribution in [1.82, 2.24) is 4.98 Å². The van der Waals surface area contributed by atoms with E-state index in [2.05, 4.69) is 4.98 Å². The Hall–Kier alpha value is -1.92. The van der Waals surface area contributed by atoms with Crippen LogP contribution in [0.25, 0.3) is 0 Å². The van der Waals surface area contributed by atoms with Crippen LogP contribution in [0.4, 0.5) is 20.3 Å². The van der Waals surface area contributed by atoms with Gasteiger partial charge in [-0.1, -0.05) is 0 Å². The van der Waals surface area contributed by atoms with Crippen molar-refractivity contribution >= 4 is 17.5 Å². The number of carboxylic acid groups (broad SMARTS) is 1. The van der Waals surface area contributed by atoms with Gasteiger partial charge in [0.05, 0.1) is 11.3 Å². The number of hydrogen-bond donors (Lipinski definition) is 3. The molecule has 5 nitrogen and oxygen atoms in total. The molecule has 7 heteroatoms. The van der Waals surface area contributed by atoms with Gasteiger partial charge in [0.15, 0.2) is 0 Å². The third-order valence-corrected chi connectivity index (χ3v) is 1.63. The number of aromatic carboxylic acids is 1. The summed E-state index contributed by atoms with van der Waals surface area (Å²) in [5, 5.41) is 8.61. The van der Waals surface area contributed by atoms with Gasteiger partial charge in [0.2, 0.25) is 0 Å². The summed E-state index contributed by atoms with van der Waals surface area (Å²) >= 11 is 0. The summed E-state index contributed by atoms with van der Waals surface area (Å²) < 4.78 is 24.5. The van der Waals surface area contributed by atoms with Crippen molar-refractivity contribution < 1.29 is 18.7 Å². The number of nitrogens with two attached hydrogens (primary N) is 2. The summed E-state index contributed by atoms with van der Waals surface area (Å²) in [6, 6.07) is 0. The highest BCUT2D eigenvalue weighted by Crippen LogP contribution is 2.29. The maximum absolute atomic E-state index is 12.2. The Morgan fingerprint density at radius 2 is 2.07 bits per heavy atom. The molecular weight excluding hydrogens is 196 g/mol. The summed E-state index contributed by atoms with van der Waals surface area (Å²) in [5.41, 5.74) is 8.63. The summed E-state index contributed by atoms with van der Waals surface area (Å²) in [5.74, 6) is -1.85. The Bertz CT molecular complexity index is 381. The molecule has 1 heterocycles. The predicted molar refractivity (Wildman–Crippen MR) is 45.0 cm³/mol. The summed E-state index contributed by atoms with van der Waals surface area (Å²) in [7, 11) is 0. The monoisotopic (exact) mass is 203 g/mol. The Kier molecular flexibility index (Phi) is 2.50. The number of halogens is 2. The van der Waals surface area contributed by atoms with E-state index in [0.717, 1.165) is 6.20 Å². The van der Waals surface area contributed by atoms with Gasteiger partial charge in [-0.15, -0.1) is 0 Å². The first-order valence-corrected chi connectivity index (χ1v) is 3.50. The summed E-state index contributed by atoms with van der Waals surface area (Å²) in [4.78, 5) is 13.9. The molecule has 0 atom stereocenters. The molecule has 1 aromatic heterocycles. The van der Waals surface area contributed by atoms with Crippen LogP contribution in [0.15, 0.2) is 6.20 Å². The highest BCUT2D eigenvalue weighted by molar-refractivity contribution is 5.99. The zero-order valence-corrected chi connectivity index (χ0v) is 6.87. The number of aromatic nitrogens is 1. The van der Waals surface area contributed by atoms with Gasteiger partial charge in [-0.25, -0.2) is 18.6 Å². The minimum absolute atomic E-state index is 0.376. The molecule has 0 fully saturated rings. The number of anilines is 2. The van der Waals surface area contributed by atoms with Crippen molar-refractivity contribution in [2.75, 3.05) is 11.5 Å². The molecule has 0 saturated carbocycles. The fraction of sp³-hybridized carbons (Fsp3) is 0.143. The van der Waals surface area contributed by atoms with Crippen molar-refractivity contribution in [3.05, 3.63) is 17.3 Å². The molecule has 0 aliphatic carbocycles. The lowest BCUT2D eigenvalue weighted by atomic mass is 10.1. The maximum atomic E-state index is 12.2. The fourth-order valence-electron chi connectivity index (χ4n) is 0.954. The molecule has 1 aromatic rings. The van der Waals surface area contributed by atoms with Crippen LogP contribution in [0.2, 0.25) is 0 Å². The largest absolute Gasteiger partial charge is 0.477 e. The molecule has 0 unspecified atom stereocenters. The topological polar surface area (TPSA) is 102 Å². The first-order valence-electron chi connectivity index (χ1n) is 3.50. The second kappa shape index (κ2) is 3.44. The van der Waals surface area contributed by atoms with E-state index in [1.54, 1.807) is 0 Å². The minimum Gasteiger partial charge on any atom is -0.477 e. The first kappa shape index (κ1) is 10.2. The number of carboxylic acids is 1. The maximum Gasteiger partial charge on any atom is 0.341 e. The molecule has 5 N–H and O–H groups in total. The standard InChI is InChI=1S/C7H7F2N3O2/c8-5(9)2-1-12-6(11)3(4(2)10)7(13)14/h1,5H,(H,13,14)(H4,10,11,12). The molecular formula is C7H7F2N3O2. The normalized spacial score (nSPS) is 10.5. The van der Waals surface area contributed by atoms with E-state index in [9.17, 15) is 13.6 Å². The quantitative estimate of drug-likeness (QED) is 0.662. The molecule has 0 aliphatic heterocycles. The molecule has 0 aromatic carbocycles. The van der Waals surface area contributed by atoms with Crippen LogP contribution >= 0.6 is 0 Å². The zero-order chi connectivity index (χ0) is 10.9. The van der Waals surface area contributed by atoms with Crippen LogP contribution in [0.1, 0.15) is 22.3 Å². The summed E-state index contributed by atoms with van der Waals surface area (Å²) in [6.45, 7) is 0. The number of pyridine rings is 1. The van der Waals surface area contributed by atoms with Crippen molar-refractivity contribution in [2.24, 2.45) is 0 Å². The molecule has 14 heavy (non-hydrogen) atoms. The lowest BCUT2D eigenvalue weighted by Crippen LogP contribution is -2.11. The van der Waals surface area contributed by atoms with E-state index in [0.29, 0.717) is 0 Å². The van der Waals surface area contributed by atoms with Gasteiger partial charge in [-0.05, 0) is 0 Å². The number of nitrogen functional groups attached to an aromatic ring is 2. The van der Waals surface area contributed by atoms with Gasteiger partial charge in [-0.3, -0.25) is 0 Å². The predicted octanol–water partition coefficient (Wildman–Crippen LogP) is 0.882. The zero-order valence-electron chi connectivity index (χ0n) is 6.87. The number of alkyl halides is 2. The second-order valence-electron chi connectivity index (χ2n) is 2.49. The second-order valence-corrected chi connectivity index (χ2v) is 2.49. The van der Waals surface area contributed by atoms with Crippen LogP contribution in [0.5, 0.6) is 0 Å². The molecule has 0 aliphatic rings. The van der Waals surface area contributed by atoms with Crippen LogP contribution in [-0.2, 0) is 0 Å². The van der Waals surface area contributed by atoms with E-state index in [1.807, 2.05) is 0 Å². The Balaban J connectivity index is 3.41. The van der Waals surface area contributed by atoms with Gasteiger partial charge in [0.25, 0.3) is 6.43 Å². The average molecular weight is 203 g/mol. The minimum atomic E-state index is -2.87. The van der Waals surface area contributed by atoms with Gasteiger partial charge in [0, 0.05) is 6.20 Å². The van der Waals surface area contributed by atoms with Crippen LogP contribution in [-0.4, -0.2) is 16.1 Å². The Morgan fingerprint density at radius 3 is 2.50 bits per heavy atom. The van der Waals surface area contributed by atoms with Gasteiger partial charge in [0.1, 0.15) is 11.4 Å². The van der Waals surface area contributed by atoms with Gasteiger partial charge in [-0.2, -0.15) is 0 Å². The third-order valence-electron chi connectivity index (χ3n) is 1.63. The van der Waals surface area contributed by atoms with Crippen molar-refractivity contribution in [3.8, 4) is 0 Å². The third kappa shape index (κ3) is 1.56. The highest BCUT2D eigenvalue weighted by Gasteiger charge is 2.21. The average Bonchev–Trinajstić information content (AvgIpc) is 2.02. The van der Waals surface area contributed by atoms with Crippen molar-refractivity contribution in [2.45, 2.75) is 6.43 Å². The van der Waals surface area contributed by atoms with Gasteiger partial charge >= 0.3 is 5.97 Å². The number of rotatable bonds is 2. The Morgan fingerprint density at radius 1 is 1.50 bits per heavy atom. The lowest BCUT2D eigenvalue weighted by molar-refractivity contribution is 0.0698. The van der Waals surface area contributed by atoms with Gasteiger partial charge < -0.3 is 16.6 Å². The van der Waals surface area contributed by atoms with Crippen LogP contribution in [0.3, 0.4) is 0 Å². The smallest absolute Gasteiger partial charge is 0.341 e. The van der Waals surface area contributed by atoms with Crippen molar-refractivity contribution in [1.29, 1.82) is 0 Å². The van der Waals surface area contributed by atoms with Crippen molar-refractivity contribution in [3.63, 3.8) is 0 Å². The molecule has 0 saturated heterocycles. The first-order chi connectivity index (χ1) is 6.45. The van der Waals surface area contributed by atoms with E-state index in [-0.39, 0.29) is 5.82 Å². The number of nitrogens with zero attached hydrogens (tertiary/aromatic N) is 1. The van der Waals surface area contributed by atoms with Crippen LogP contribution < -0.4 is 11.5 Å². The lowest BCUT2D eigenvalue weighted by Gasteiger charge is -2.08. The Labute approximate surface area is 77.3 Å². The van der Waals surface area contributed by atoms with E-state index >= 15 is 0 Å². The SMILES string of the molecule is Nc1ncc(C(F)F)c(N)c1C(=O)O. The summed E-state index contributed by atoms with van der Waals surface area (Å²) in [6.07, 6.45) is -2.11. The number of carbonyl (C=O) groups is 1. The van der Waals surface area contributed by atoms with E-state index in [4.69, 9.17) is 16.6 Å². The highest BCUT2D eigenvalue weighted by atomic mass is 19.3. The number of hydrogen-bond acceptors (Lipinski definition) is 4. The molecule has 76 valence electrons. The van der Waals surface area contributed by atoms with E-state index < -0.39 is 29.2 Å². The molecule has 0 radical (unpaired) electrons. The molecule has 0 spiro atoms. The molecule has 1 rings (SSSR count). The van der Waals surface area contributed by atoms with E-state index in [1.165, 1.54) is 0 Å². The molecule has 0 bridgehead atoms. The fourth-order valence-corrected chi connectivity index (χ4v) is 0.954.